The monoisotopic (exact) mass is 264 g/mol. The van der Waals surface area contributed by atoms with Crippen LogP contribution < -0.4 is 10.6 Å². The number of carbonyl (C=O) groups excluding carboxylic acids is 1. The lowest BCUT2D eigenvalue weighted by molar-refractivity contribution is -0.172. The van der Waals surface area contributed by atoms with Crippen molar-refractivity contribution < 1.29 is 18.0 Å². The van der Waals surface area contributed by atoms with Crippen molar-refractivity contribution in [2.24, 2.45) is 11.8 Å². The summed E-state index contributed by atoms with van der Waals surface area (Å²) in [6, 6.07) is -1.66. The van der Waals surface area contributed by atoms with Crippen LogP contribution in [0.2, 0.25) is 0 Å². The molecule has 1 aliphatic carbocycles. The smallest absolute Gasteiger partial charge is 0.344 e. The maximum Gasteiger partial charge on any atom is 0.408 e. The number of alkyl halides is 3. The molecule has 2 unspecified atom stereocenters. The molecule has 18 heavy (non-hydrogen) atoms. The summed E-state index contributed by atoms with van der Waals surface area (Å²) in [4.78, 5) is 11.8. The predicted molar refractivity (Wildman–Crippen MR) is 60.9 cm³/mol. The predicted octanol–water partition coefficient (Wildman–Crippen LogP) is 1.83. The quantitative estimate of drug-likeness (QED) is 0.816. The highest BCUT2D eigenvalue weighted by molar-refractivity contribution is 5.79. The van der Waals surface area contributed by atoms with E-state index in [2.05, 4.69) is 10.6 Å². The first-order valence-corrected chi connectivity index (χ1v) is 6.56. The van der Waals surface area contributed by atoms with Gasteiger partial charge in [0.2, 0.25) is 5.91 Å². The lowest BCUT2D eigenvalue weighted by atomic mass is 9.96. The zero-order valence-corrected chi connectivity index (χ0v) is 10.2. The molecule has 0 bridgehead atoms. The summed E-state index contributed by atoms with van der Waals surface area (Å²) < 4.78 is 39.0. The fourth-order valence-electron chi connectivity index (χ4n) is 2.91. The van der Waals surface area contributed by atoms with Crippen LogP contribution in [-0.2, 0) is 4.79 Å². The van der Waals surface area contributed by atoms with E-state index in [0.29, 0.717) is 32.4 Å². The minimum absolute atomic E-state index is 0.309. The third-order valence-electron chi connectivity index (χ3n) is 3.95. The summed E-state index contributed by atoms with van der Waals surface area (Å²) in [7, 11) is 0. The molecule has 2 aliphatic rings. The molecule has 6 heteroatoms. The number of amides is 1. The van der Waals surface area contributed by atoms with E-state index in [0.717, 1.165) is 12.8 Å². The molecule has 2 rings (SSSR count). The molecule has 2 fully saturated rings. The molecule has 2 N–H and O–H groups in total. The van der Waals surface area contributed by atoms with Crippen molar-refractivity contribution in [1.82, 2.24) is 10.6 Å². The Labute approximate surface area is 104 Å². The summed E-state index contributed by atoms with van der Waals surface area (Å²) >= 11 is 0. The average molecular weight is 264 g/mol. The largest absolute Gasteiger partial charge is 0.408 e. The molecular weight excluding hydrogens is 245 g/mol. The number of halogens is 3. The van der Waals surface area contributed by atoms with Crippen LogP contribution in [0.5, 0.6) is 0 Å². The standard InChI is InChI=1S/C12H19F3N2O/c13-12(14,15)10(8-3-1-2-4-8)17-11(18)9-5-6-16-7-9/h8-10,16H,1-7H2,(H,17,18). The second-order valence-electron chi connectivity index (χ2n) is 5.26. The van der Waals surface area contributed by atoms with Gasteiger partial charge >= 0.3 is 6.18 Å². The van der Waals surface area contributed by atoms with Gasteiger partial charge in [-0.15, -0.1) is 0 Å². The second kappa shape index (κ2) is 5.47. The Kier molecular flexibility index (Phi) is 4.14. The van der Waals surface area contributed by atoms with Gasteiger partial charge in [-0.25, -0.2) is 0 Å². The van der Waals surface area contributed by atoms with E-state index in [4.69, 9.17) is 0 Å². The molecule has 3 nitrogen and oxygen atoms in total. The van der Waals surface area contributed by atoms with E-state index in [1.54, 1.807) is 0 Å². The minimum Gasteiger partial charge on any atom is -0.344 e. The maximum absolute atomic E-state index is 13.0. The Morgan fingerprint density at radius 1 is 1.22 bits per heavy atom. The normalized spacial score (nSPS) is 27.4. The van der Waals surface area contributed by atoms with Gasteiger partial charge < -0.3 is 10.6 Å². The molecule has 2 atom stereocenters. The molecule has 104 valence electrons. The number of carbonyl (C=O) groups is 1. The summed E-state index contributed by atoms with van der Waals surface area (Å²) in [6.07, 6.45) is -0.922. The van der Waals surface area contributed by atoms with Crippen molar-refractivity contribution in [1.29, 1.82) is 0 Å². The van der Waals surface area contributed by atoms with Gasteiger partial charge in [-0.05, 0) is 31.7 Å². The highest BCUT2D eigenvalue weighted by atomic mass is 19.4. The first-order chi connectivity index (χ1) is 8.48. The number of nitrogens with one attached hydrogen (secondary N) is 2. The fourth-order valence-corrected chi connectivity index (χ4v) is 2.91. The van der Waals surface area contributed by atoms with Gasteiger partial charge in [0.25, 0.3) is 0 Å². The van der Waals surface area contributed by atoms with Crippen molar-refractivity contribution in [3.8, 4) is 0 Å². The minimum atomic E-state index is -4.34. The molecule has 0 radical (unpaired) electrons. The Hall–Kier alpha value is -0.780. The van der Waals surface area contributed by atoms with Crippen molar-refractivity contribution >= 4 is 5.91 Å². The van der Waals surface area contributed by atoms with Gasteiger partial charge in [0.1, 0.15) is 6.04 Å². The van der Waals surface area contributed by atoms with Crippen LogP contribution in [0.1, 0.15) is 32.1 Å². The van der Waals surface area contributed by atoms with Gasteiger partial charge in [-0.3, -0.25) is 4.79 Å². The van der Waals surface area contributed by atoms with Crippen molar-refractivity contribution in [3.05, 3.63) is 0 Å². The summed E-state index contributed by atoms with van der Waals surface area (Å²) in [5, 5.41) is 5.23. The molecule has 1 amide bonds. The molecule has 1 saturated carbocycles. The molecule has 0 aromatic heterocycles. The summed E-state index contributed by atoms with van der Waals surface area (Å²) in [5.41, 5.74) is 0. The fraction of sp³-hybridized carbons (Fsp3) is 0.917. The Morgan fingerprint density at radius 3 is 2.39 bits per heavy atom. The van der Waals surface area contributed by atoms with E-state index in [1.165, 1.54) is 0 Å². The molecule has 0 aromatic carbocycles. The summed E-state index contributed by atoms with van der Waals surface area (Å²) in [6.45, 7) is 1.19. The highest BCUT2D eigenvalue weighted by Crippen LogP contribution is 2.35. The van der Waals surface area contributed by atoms with Crippen molar-refractivity contribution in [2.45, 2.75) is 44.3 Å². The lowest BCUT2D eigenvalue weighted by Gasteiger charge is -2.28. The van der Waals surface area contributed by atoms with Gasteiger partial charge in [0.05, 0.1) is 5.92 Å². The Balaban J connectivity index is 1.98. The molecule has 0 aromatic rings. The van der Waals surface area contributed by atoms with E-state index in [9.17, 15) is 18.0 Å². The molecule has 1 saturated heterocycles. The van der Waals surface area contributed by atoms with Gasteiger partial charge in [0.15, 0.2) is 0 Å². The average Bonchev–Trinajstić information content (AvgIpc) is 2.96. The van der Waals surface area contributed by atoms with Crippen LogP contribution in [0.25, 0.3) is 0 Å². The first kappa shape index (κ1) is 13.6. The van der Waals surface area contributed by atoms with E-state index in [1.807, 2.05) is 0 Å². The Morgan fingerprint density at radius 2 is 1.89 bits per heavy atom. The molecule has 0 spiro atoms. The van der Waals surface area contributed by atoms with Gasteiger partial charge in [0, 0.05) is 6.54 Å². The SMILES string of the molecule is O=C(NC(C1CCCC1)C(F)(F)F)C1CCNC1. The van der Waals surface area contributed by atoms with E-state index in [-0.39, 0.29) is 5.92 Å². The third-order valence-corrected chi connectivity index (χ3v) is 3.95. The molecular formula is C12H19F3N2O. The van der Waals surface area contributed by atoms with Crippen LogP contribution in [0.15, 0.2) is 0 Å². The van der Waals surface area contributed by atoms with Crippen molar-refractivity contribution in [2.75, 3.05) is 13.1 Å². The number of rotatable bonds is 3. The van der Waals surface area contributed by atoms with Crippen LogP contribution in [-0.4, -0.2) is 31.2 Å². The van der Waals surface area contributed by atoms with Crippen LogP contribution in [0.4, 0.5) is 13.2 Å². The van der Waals surface area contributed by atoms with Gasteiger partial charge in [-0.2, -0.15) is 13.2 Å². The van der Waals surface area contributed by atoms with Gasteiger partial charge in [-0.1, -0.05) is 12.8 Å². The highest BCUT2D eigenvalue weighted by Gasteiger charge is 2.46. The third kappa shape index (κ3) is 3.16. The number of hydrogen-bond donors (Lipinski definition) is 2. The van der Waals surface area contributed by atoms with E-state index >= 15 is 0 Å². The van der Waals surface area contributed by atoms with E-state index < -0.39 is 24.0 Å². The van der Waals surface area contributed by atoms with Crippen LogP contribution in [0, 0.1) is 11.8 Å². The summed E-state index contributed by atoms with van der Waals surface area (Å²) in [5.74, 6) is -1.20. The maximum atomic E-state index is 13.0. The van der Waals surface area contributed by atoms with Crippen molar-refractivity contribution in [3.63, 3.8) is 0 Å². The zero-order valence-electron chi connectivity index (χ0n) is 10.2. The lowest BCUT2D eigenvalue weighted by Crippen LogP contribution is -2.51. The zero-order chi connectivity index (χ0) is 13.2. The first-order valence-electron chi connectivity index (χ1n) is 6.56. The topological polar surface area (TPSA) is 41.1 Å². The Bertz CT molecular complexity index is 294. The molecule has 1 heterocycles. The number of hydrogen-bond acceptors (Lipinski definition) is 2. The molecule has 1 aliphatic heterocycles. The van der Waals surface area contributed by atoms with Crippen LogP contribution in [0.3, 0.4) is 0 Å². The van der Waals surface area contributed by atoms with Crippen LogP contribution >= 0.6 is 0 Å². The second-order valence-corrected chi connectivity index (χ2v) is 5.26.